The van der Waals surface area contributed by atoms with Crippen LogP contribution in [0.2, 0.25) is 0 Å². The average molecular weight is 253 g/mol. The third-order valence-corrected chi connectivity index (χ3v) is 2.75. The number of rotatable bonds is 3. The minimum Gasteiger partial charge on any atom is -0.479 e. The maximum atomic E-state index is 11.8. The lowest BCUT2D eigenvalue weighted by molar-refractivity contribution is -0.144. The molecule has 1 amide bonds. The van der Waals surface area contributed by atoms with Crippen molar-refractivity contribution in [1.29, 1.82) is 0 Å². The normalized spacial score (nSPS) is 22.7. The number of aliphatic carboxylic acids is 1. The van der Waals surface area contributed by atoms with Gasteiger partial charge in [0.1, 0.15) is 6.26 Å². The number of amides is 1. The molecule has 1 aromatic rings. The maximum Gasteiger partial charge on any atom is 0.335 e. The topological polar surface area (TPSA) is 106 Å². The molecule has 2 rings (SSSR count). The zero-order chi connectivity index (χ0) is 13.2. The Bertz CT molecular complexity index is 508. The van der Waals surface area contributed by atoms with E-state index in [1.807, 2.05) is 0 Å². The van der Waals surface area contributed by atoms with Crippen molar-refractivity contribution in [1.82, 2.24) is 5.32 Å². The number of ether oxygens (including phenoxy) is 1. The number of carboxylic acid groups (broad SMARTS) is 1. The molecule has 7 heteroatoms. The first-order valence-corrected chi connectivity index (χ1v) is 5.26. The molecule has 0 spiro atoms. The fourth-order valence-electron chi connectivity index (χ4n) is 1.66. The molecule has 1 atom stereocenters. The summed E-state index contributed by atoms with van der Waals surface area (Å²) >= 11 is 0. The quantitative estimate of drug-likeness (QED) is 0.760. The molecule has 0 saturated carbocycles. The van der Waals surface area contributed by atoms with E-state index in [9.17, 15) is 14.4 Å². The molecular weight excluding hydrogens is 242 g/mol. The fourth-order valence-corrected chi connectivity index (χ4v) is 1.66. The van der Waals surface area contributed by atoms with E-state index in [1.165, 1.54) is 6.07 Å². The lowest BCUT2D eigenvalue weighted by atomic mass is 9.98. The highest BCUT2D eigenvalue weighted by Gasteiger charge is 2.44. The molecule has 1 aliphatic rings. The van der Waals surface area contributed by atoms with Crippen molar-refractivity contribution in [2.45, 2.75) is 12.0 Å². The third kappa shape index (κ3) is 2.25. The van der Waals surface area contributed by atoms with Crippen molar-refractivity contribution in [3.05, 3.63) is 34.4 Å². The average Bonchev–Trinajstić information content (AvgIpc) is 2.79. The summed E-state index contributed by atoms with van der Waals surface area (Å²) in [6.45, 7) is 0.196. The Labute approximate surface area is 101 Å². The van der Waals surface area contributed by atoms with Crippen LogP contribution in [0.4, 0.5) is 0 Å². The molecule has 2 heterocycles. The van der Waals surface area contributed by atoms with Crippen LogP contribution in [-0.2, 0) is 9.53 Å². The number of nitrogens with one attached hydrogen (secondary N) is 1. The Morgan fingerprint density at radius 3 is 2.67 bits per heavy atom. The maximum absolute atomic E-state index is 11.8. The summed E-state index contributed by atoms with van der Waals surface area (Å²) in [6, 6.07) is 2.36. The number of hydrogen-bond donors (Lipinski definition) is 2. The lowest BCUT2D eigenvalue weighted by Crippen LogP contribution is -2.55. The van der Waals surface area contributed by atoms with E-state index in [0.29, 0.717) is 0 Å². The molecule has 96 valence electrons. The van der Waals surface area contributed by atoms with E-state index < -0.39 is 23.0 Å². The molecule has 0 aliphatic carbocycles. The Kier molecular flexibility index (Phi) is 3.15. The van der Waals surface area contributed by atoms with Crippen LogP contribution in [0.3, 0.4) is 0 Å². The molecule has 7 nitrogen and oxygen atoms in total. The molecule has 0 aromatic carbocycles. The second kappa shape index (κ2) is 4.61. The molecular formula is C11H11NO6. The van der Waals surface area contributed by atoms with E-state index in [1.54, 1.807) is 0 Å². The summed E-state index contributed by atoms with van der Waals surface area (Å²) < 4.78 is 9.55. The summed E-state index contributed by atoms with van der Waals surface area (Å²) in [4.78, 5) is 33.8. The van der Waals surface area contributed by atoms with E-state index in [4.69, 9.17) is 9.84 Å². The highest BCUT2D eigenvalue weighted by molar-refractivity contribution is 5.97. The zero-order valence-corrected chi connectivity index (χ0v) is 9.34. The van der Waals surface area contributed by atoms with Crippen LogP contribution in [0.25, 0.3) is 0 Å². The van der Waals surface area contributed by atoms with Gasteiger partial charge in [-0.2, -0.15) is 0 Å². The molecule has 18 heavy (non-hydrogen) atoms. The van der Waals surface area contributed by atoms with Gasteiger partial charge in [-0.3, -0.25) is 4.79 Å². The Hall–Kier alpha value is -2.15. The van der Waals surface area contributed by atoms with Crippen molar-refractivity contribution in [2.24, 2.45) is 0 Å². The Morgan fingerprint density at radius 1 is 1.39 bits per heavy atom. The van der Waals surface area contributed by atoms with Gasteiger partial charge in [-0.15, -0.1) is 0 Å². The summed E-state index contributed by atoms with van der Waals surface area (Å²) in [5.41, 5.74) is -1.90. The highest BCUT2D eigenvalue weighted by Crippen LogP contribution is 2.19. The van der Waals surface area contributed by atoms with Gasteiger partial charge in [-0.05, 0) is 6.07 Å². The van der Waals surface area contributed by atoms with Gasteiger partial charge < -0.3 is 19.6 Å². The first-order valence-electron chi connectivity index (χ1n) is 5.26. The first-order chi connectivity index (χ1) is 8.53. The predicted molar refractivity (Wildman–Crippen MR) is 58.2 cm³/mol. The Balaban J connectivity index is 2.17. The second-order valence-corrected chi connectivity index (χ2v) is 3.99. The summed E-state index contributed by atoms with van der Waals surface area (Å²) in [7, 11) is 0. The van der Waals surface area contributed by atoms with Gasteiger partial charge in [-0.1, -0.05) is 0 Å². The van der Waals surface area contributed by atoms with Crippen LogP contribution in [0.15, 0.2) is 27.6 Å². The summed E-state index contributed by atoms with van der Waals surface area (Å²) in [5.74, 6) is -1.77. The van der Waals surface area contributed by atoms with E-state index >= 15 is 0 Å². The molecule has 1 fully saturated rings. The van der Waals surface area contributed by atoms with Crippen LogP contribution >= 0.6 is 0 Å². The standard InChI is InChI=1S/C11H11NO6/c13-8-2-1-7(5-18-8)9(14)12-11(10(15)16)3-4-17-6-11/h1-2,5H,3-4,6H2,(H,12,14)(H,15,16). The third-order valence-electron chi connectivity index (χ3n) is 2.75. The van der Waals surface area contributed by atoms with Gasteiger partial charge in [0.2, 0.25) is 0 Å². The summed E-state index contributed by atoms with van der Waals surface area (Å²) in [5, 5.41) is 11.5. The number of hydrogen-bond acceptors (Lipinski definition) is 5. The van der Waals surface area contributed by atoms with Crippen molar-refractivity contribution in [3.63, 3.8) is 0 Å². The van der Waals surface area contributed by atoms with Gasteiger partial charge in [0.25, 0.3) is 5.91 Å². The fraction of sp³-hybridized carbons (Fsp3) is 0.364. The van der Waals surface area contributed by atoms with Crippen LogP contribution in [-0.4, -0.2) is 35.7 Å². The molecule has 1 saturated heterocycles. The van der Waals surface area contributed by atoms with Gasteiger partial charge in [0.15, 0.2) is 5.54 Å². The van der Waals surface area contributed by atoms with Gasteiger partial charge in [-0.25, -0.2) is 9.59 Å². The van der Waals surface area contributed by atoms with Crippen molar-refractivity contribution in [2.75, 3.05) is 13.2 Å². The van der Waals surface area contributed by atoms with Crippen molar-refractivity contribution in [3.8, 4) is 0 Å². The van der Waals surface area contributed by atoms with E-state index in [2.05, 4.69) is 9.73 Å². The van der Waals surface area contributed by atoms with Gasteiger partial charge >= 0.3 is 11.6 Å². The van der Waals surface area contributed by atoms with Crippen LogP contribution in [0.5, 0.6) is 0 Å². The zero-order valence-electron chi connectivity index (χ0n) is 9.34. The van der Waals surface area contributed by atoms with Gasteiger partial charge in [0, 0.05) is 19.1 Å². The number of carbonyl (C=O) groups excluding carboxylic acids is 1. The minimum atomic E-state index is -1.41. The van der Waals surface area contributed by atoms with Crippen molar-refractivity contribution >= 4 is 11.9 Å². The molecule has 1 aromatic heterocycles. The molecule has 1 unspecified atom stereocenters. The van der Waals surface area contributed by atoms with Crippen LogP contribution < -0.4 is 10.9 Å². The predicted octanol–water partition coefficient (Wildman–Crippen LogP) is -0.387. The molecule has 2 N–H and O–H groups in total. The Morgan fingerprint density at radius 2 is 2.17 bits per heavy atom. The smallest absolute Gasteiger partial charge is 0.335 e. The monoisotopic (exact) mass is 253 g/mol. The van der Waals surface area contributed by atoms with E-state index in [0.717, 1.165) is 12.3 Å². The minimum absolute atomic E-state index is 0.0785. The number of carbonyl (C=O) groups is 2. The van der Waals surface area contributed by atoms with Crippen LogP contribution in [0.1, 0.15) is 16.8 Å². The van der Waals surface area contributed by atoms with Crippen LogP contribution in [0, 0.1) is 0 Å². The lowest BCUT2D eigenvalue weighted by Gasteiger charge is -2.23. The molecule has 0 bridgehead atoms. The second-order valence-electron chi connectivity index (χ2n) is 3.99. The first kappa shape index (κ1) is 12.3. The summed E-state index contributed by atoms with van der Waals surface area (Å²) in [6.07, 6.45) is 1.19. The SMILES string of the molecule is O=C(NC1(C(=O)O)CCOC1)c1ccc(=O)oc1. The number of carboxylic acids is 1. The van der Waals surface area contributed by atoms with Crippen molar-refractivity contribution < 1.29 is 23.8 Å². The molecule has 1 aliphatic heterocycles. The highest BCUT2D eigenvalue weighted by atomic mass is 16.5. The van der Waals surface area contributed by atoms with E-state index in [-0.39, 0.29) is 25.2 Å². The largest absolute Gasteiger partial charge is 0.479 e. The van der Waals surface area contributed by atoms with Gasteiger partial charge in [0.05, 0.1) is 12.2 Å². The molecule has 0 radical (unpaired) electrons.